The highest BCUT2D eigenvalue weighted by Crippen LogP contribution is 2.29. The largest absolute Gasteiger partial charge is 0.308 e. The molecule has 2 aromatic carbocycles. The maximum absolute atomic E-state index is 4.28. The van der Waals surface area contributed by atoms with Crippen LogP contribution in [0.15, 0.2) is 47.1 Å². The van der Waals surface area contributed by atoms with Gasteiger partial charge < -0.3 is 5.32 Å². The number of fused-ring (bicyclic) bond motifs is 1. The Morgan fingerprint density at radius 1 is 1.14 bits per heavy atom. The van der Waals surface area contributed by atoms with Gasteiger partial charge in [0.1, 0.15) is 0 Å². The second-order valence-electron chi connectivity index (χ2n) is 5.40. The van der Waals surface area contributed by atoms with Crippen molar-refractivity contribution in [3.8, 4) is 5.69 Å². The highest BCUT2D eigenvalue weighted by molar-refractivity contribution is 9.10. The standard InChI is InChI=1S/C16H15BrN4/c17-15-7-8-16(14-4-2-1-3-13(14)15)21-12(10-19-20-21)9-18-11-5-6-11/h1-4,7-8,10-11,18H,5-6,9H2. The Morgan fingerprint density at radius 3 is 2.76 bits per heavy atom. The molecule has 0 bridgehead atoms. The first-order valence-corrected chi connectivity index (χ1v) is 7.93. The Morgan fingerprint density at radius 2 is 1.95 bits per heavy atom. The molecule has 0 unspecified atom stereocenters. The van der Waals surface area contributed by atoms with Crippen LogP contribution in [0.2, 0.25) is 0 Å². The van der Waals surface area contributed by atoms with Crippen LogP contribution in [0.3, 0.4) is 0 Å². The van der Waals surface area contributed by atoms with Crippen LogP contribution in [0.1, 0.15) is 18.5 Å². The number of rotatable bonds is 4. The van der Waals surface area contributed by atoms with E-state index in [-0.39, 0.29) is 0 Å². The Balaban J connectivity index is 1.79. The number of hydrogen-bond donors (Lipinski definition) is 1. The summed E-state index contributed by atoms with van der Waals surface area (Å²) in [4.78, 5) is 0. The van der Waals surface area contributed by atoms with E-state index in [4.69, 9.17) is 0 Å². The SMILES string of the molecule is Brc1ccc(-n2nncc2CNC2CC2)c2ccccc12. The van der Waals surface area contributed by atoms with Gasteiger partial charge in [0.15, 0.2) is 0 Å². The van der Waals surface area contributed by atoms with E-state index in [2.05, 4.69) is 61.9 Å². The lowest BCUT2D eigenvalue weighted by atomic mass is 10.1. The zero-order valence-corrected chi connectivity index (χ0v) is 13.0. The first-order chi connectivity index (χ1) is 10.3. The molecule has 4 rings (SSSR count). The summed E-state index contributed by atoms with van der Waals surface area (Å²) in [6, 6.07) is 13.2. The fourth-order valence-electron chi connectivity index (χ4n) is 2.55. The average molecular weight is 343 g/mol. The minimum Gasteiger partial charge on any atom is -0.308 e. The summed E-state index contributed by atoms with van der Waals surface area (Å²) in [5, 5.41) is 14.2. The average Bonchev–Trinajstić information content (AvgIpc) is 3.23. The second-order valence-corrected chi connectivity index (χ2v) is 6.26. The number of halogens is 1. The fourth-order valence-corrected chi connectivity index (χ4v) is 3.03. The molecule has 21 heavy (non-hydrogen) atoms. The number of benzene rings is 2. The van der Waals surface area contributed by atoms with Crippen LogP contribution >= 0.6 is 15.9 Å². The van der Waals surface area contributed by atoms with Gasteiger partial charge in [-0.2, -0.15) is 0 Å². The van der Waals surface area contributed by atoms with Crippen molar-refractivity contribution in [2.75, 3.05) is 0 Å². The molecule has 3 aromatic rings. The fraction of sp³-hybridized carbons (Fsp3) is 0.250. The van der Waals surface area contributed by atoms with E-state index in [1.807, 2.05) is 16.9 Å². The van der Waals surface area contributed by atoms with E-state index in [1.165, 1.54) is 23.6 Å². The molecular formula is C16H15BrN4. The predicted molar refractivity (Wildman–Crippen MR) is 86.4 cm³/mol. The number of aromatic nitrogens is 3. The Kier molecular flexibility index (Phi) is 3.24. The van der Waals surface area contributed by atoms with E-state index in [0.29, 0.717) is 6.04 Å². The Labute approximate surface area is 131 Å². The van der Waals surface area contributed by atoms with Crippen molar-refractivity contribution < 1.29 is 0 Å². The first kappa shape index (κ1) is 13.0. The topological polar surface area (TPSA) is 42.7 Å². The quantitative estimate of drug-likeness (QED) is 0.789. The van der Waals surface area contributed by atoms with Crippen LogP contribution < -0.4 is 5.32 Å². The zero-order valence-electron chi connectivity index (χ0n) is 11.5. The third kappa shape index (κ3) is 2.47. The van der Waals surface area contributed by atoms with Crippen LogP contribution in [0.4, 0.5) is 0 Å². The Hall–Kier alpha value is -1.72. The zero-order chi connectivity index (χ0) is 14.2. The van der Waals surface area contributed by atoms with Crippen molar-refractivity contribution in [1.82, 2.24) is 20.3 Å². The molecule has 1 saturated carbocycles. The van der Waals surface area contributed by atoms with Crippen LogP contribution in [0.5, 0.6) is 0 Å². The molecule has 1 N–H and O–H groups in total. The summed E-state index contributed by atoms with van der Waals surface area (Å²) in [7, 11) is 0. The third-order valence-electron chi connectivity index (χ3n) is 3.85. The first-order valence-electron chi connectivity index (χ1n) is 7.13. The maximum Gasteiger partial charge on any atom is 0.0784 e. The van der Waals surface area contributed by atoms with Gasteiger partial charge in [-0.15, -0.1) is 5.10 Å². The van der Waals surface area contributed by atoms with Crippen molar-refractivity contribution in [2.45, 2.75) is 25.4 Å². The molecule has 5 heteroatoms. The van der Waals surface area contributed by atoms with Crippen LogP contribution in [-0.4, -0.2) is 21.0 Å². The summed E-state index contributed by atoms with van der Waals surface area (Å²) in [5.41, 5.74) is 2.16. The van der Waals surface area contributed by atoms with Crippen LogP contribution in [-0.2, 0) is 6.54 Å². The van der Waals surface area contributed by atoms with Gasteiger partial charge in [0.25, 0.3) is 0 Å². The smallest absolute Gasteiger partial charge is 0.0784 e. The van der Waals surface area contributed by atoms with Gasteiger partial charge in [-0.25, -0.2) is 4.68 Å². The highest BCUT2D eigenvalue weighted by Gasteiger charge is 2.21. The van der Waals surface area contributed by atoms with Gasteiger partial charge in [0.2, 0.25) is 0 Å². The van der Waals surface area contributed by atoms with E-state index in [9.17, 15) is 0 Å². The minimum absolute atomic E-state index is 0.676. The van der Waals surface area contributed by atoms with Crippen molar-refractivity contribution in [1.29, 1.82) is 0 Å². The van der Waals surface area contributed by atoms with Gasteiger partial charge in [-0.05, 0) is 30.4 Å². The number of nitrogens with one attached hydrogen (secondary N) is 1. The molecular weight excluding hydrogens is 328 g/mol. The third-order valence-corrected chi connectivity index (χ3v) is 4.54. The summed E-state index contributed by atoms with van der Waals surface area (Å²) >= 11 is 3.61. The van der Waals surface area contributed by atoms with E-state index >= 15 is 0 Å². The highest BCUT2D eigenvalue weighted by atomic mass is 79.9. The van der Waals surface area contributed by atoms with Crippen LogP contribution in [0.25, 0.3) is 16.5 Å². The number of nitrogens with zero attached hydrogens (tertiary/aromatic N) is 3. The summed E-state index contributed by atoms with van der Waals surface area (Å²) in [6.07, 6.45) is 4.40. The lowest BCUT2D eigenvalue weighted by Gasteiger charge is -2.11. The van der Waals surface area contributed by atoms with Crippen molar-refractivity contribution in [3.63, 3.8) is 0 Å². The van der Waals surface area contributed by atoms with Gasteiger partial charge in [-0.3, -0.25) is 0 Å². The van der Waals surface area contributed by atoms with Crippen molar-refractivity contribution in [2.24, 2.45) is 0 Å². The normalized spacial score (nSPS) is 14.7. The van der Waals surface area contributed by atoms with E-state index < -0.39 is 0 Å². The molecule has 0 amide bonds. The molecule has 1 fully saturated rings. The molecule has 0 aliphatic heterocycles. The van der Waals surface area contributed by atoms with Gasteiger partial charge in [0, 0.05) is 22.4 Å². The molecule has 1 aliphatic rings. The monoisotopic (exact) mass is 342 g/mol. The number of hydrogen-bond acceptors (Lipinski definition) is 3. The molecule has 0 saturated heterocycles. The molecule has 1 aliphatic carbocycles. The predicted octanol–water partition coefficient (Wildman–Crippen LogP) is 3.44. The van der Waals surface area contributed by atoms with Crippen molar-refractivity contribution >= 4 is 26.7 Å². The van der Waals surface area contributed by atoms with E-state index in [0.717, 1.165) is 22.4 Å². The van der Waals surface area contributed by atoms with Gasteiger partial charge in [0.05, 0.1) is 17.6 Å². The maximum atomic E-state index is 4.28. The molecule has 106 valence electrons. The second kappa shape index (κ2) is 5.24. The van der Waals surface area contributed by atoms with Crippen molar-refractivity contribution in [3.05, 3.63) is 52.8 Å². The van der Waals surface area contributed by atoms with Gasteiger partial charge in [-0.1, -0.05) is 45.4 Å². The summed E-state index contributed by atoms with van der Waals surface area (Å²) in [6.45, 7) is 0.808. The molecule has 0 atom stereocenters. The summed E-state index contributed by atoms with van der Waals surface area (Å²) < 4.78 is 3.03. The molecule has 1 aromatic heterocycles. The molecule has 0 radical (unpaired) electrons. The summed E-state index contributed by atoms with van der Waals surface area (Å²) in [5.74, 6) is 0. The minimum atomic E-state index is 0.676. The lowest BCUT2D eigenvalue weighted by Crippen LogP contribution is -2.18. The van der Waals surface area contributed by atoms with E-state index in [1.54, 1.807) is 0 Å². The van der Waals surface area contributed by atoms with Gasteiger partial charge >= 0.3 is 0 Å². The lowest BCUT2D eigenvalue weighted by molar-refractivity contribution is 0.648. The molecule has 4 nitrogen and oxygen atoms in total. The Bertz CT molecular complexity index is 792. The molecule has 0 spiro atoms. The van der Waals surface area contributed by atoms with Crippen LogP contribution in [0, 0.1) is 0 Å². The molecule has 1 heterocycles.